The van der Waals surface area contributed by atoms with E-state index in [1.807, 2.05) is 0 Å². The van der Waals surface area contributed by atoms with E-state index in [2.05, 4.69) is 21.2 Å². The third-order valence-corrected chi connectivity index (χ3v) is 4.06. The van der Waals surface area contributed by atoms with Crippen molar-refractivity contribution in [1.82, 2.24) is 5.32 Å². The summed E-state index contributed by atoms with van der Waals surface area (Å²) in [6, 6.07) is 3.42. The summed E-state index contributed by atoms with van der Waals surface area (Å²) in [6.07, 6.45) is 5.69. The number of nitrogens with one attached hydrogen (secondary N) is 1. The number of carbonyl (C=O) groups is 1. The van der Waals surface area contributed by atoms with Crippen LogP contribution in [0.15, 0.2) is 16.6 Å². The summed E-state index contributed by atoms with van der Waals surface area (Å²) >= 11 is 3.22. The first-order chi connectivity index (χ1) is 9.11. The topological polar surface area (TPSA) is 58.6 Å². The minimum Gasteiger partial charge on any atom is -0.503 e. The molecule has 0 aromatic heterocycles. The van der Waals surface area contributed by atoms with Gasteiger partial charge in [0.1, 0.15) is 0 Å². The van der Waals surface area contributed by atoms with Gasteiger partial charge in [-0.2, -0.15) is 0 Å². The van der Waals surface area contributed by atoms with Gasteiger partial charge in [-0.25, -0.2) is 0 Å². The van der Waals surface area contributed by atoms with Crippen molar-refractivity contribution in [2.24, 2.45) is 0 Å². The number of carbonyl (C=O) groups excluding carboxylic acids is 1. The van der Waals surface area contributed by atoms with Crippen molar-refractivity contribution >= 4 is 21.8 Å². The third kappa shape index (κ3) is 3.41. The van der Waals surface area contributed by atoms with Crippen molar-refractivity contribution in [2.75, 3.05) is 7.11 Å². The molecular formula is C14H18BrNO3. The van der Waals surface area contributed by atoms with Crippen LogP contribution in [0.4, 0.5) is 0 Å². The van der Waals surface area contributed by atoms with Crippen LogP contribution in [-0.4, -0.2) is 24.2 Å². The number of amides is 1. The molecule has 104 valence electrons. The number of phenols is 1. The number of hydrogen-bond acceptors (Lipinski definition) is 3. The van der Waals surface area contributed by atoms with Gasteiger partial charge in [-0.15, -0.1) is 0 Å². The zero-order valence-corrected chi connectivity index (χ0v) is 12.5. The molecule has 2 N–H and O–H groups in total. The van der Waals surface area contributed by atoms with Crippen LogP contribution in [0.1, 0.15) is 42.5 Å². The largest absolute Gasteiger partial charge is 0.503 e. The van der Waals surface area contributed by atoms with Gasteiger partial charge in [0.05, 0.1) is 11.6 Å². The molecule has 1 aromatic carbocycles. The molecule has 1 fully saturated rings. The average Bonchev–Trinajstić information content (AvgIpc) is 2.42. The van der Waals surface area contributed by atoms with E-state index in [4.69, 9.17) is 4.74 Å². The summed E-state index contributed by atoms with van der Waals surface area (Å²) in [7, 11) is 1.46. The summed E-state index contributed by atoms with van der Waals surface area (Å²) in [5, 5.41) is 12.8. The Hall–Kier alpha value is -1.23. The van der Waals surface area contributed by atoms with Gasteiger partial charge in [0, 0.05) is 11.6 Å². The number of methoxy groups -OCH3 is 1. The lowest BCUT2D eigenvalue weighted by atomic mass is 9.95. The van der Waals surface area contributed by atoms with Crippen LogP contribution in [0, 0.1) is 0 Å². The van der Waals surface area contributed by atoms with Crippen molar-refractivity contribution in [2.45, 2.75) is 38.1 Å². The predicted molar refractivity (Wildman–Crippen MR) is 76.7 cm³/mol. The van der Waals surface area contributed by atoms with Gasteiger partial charge in [0.15, 0.2) is 11.5 Å². The predicted octanol–water partition coefficient (Wildman–Crippen LogP) is 3.23. The quantitative estimate of drug-likeness (QED) is 0.896. The average molecular weight is 328 g/mol. The second-order valence-corrected chi connectivity index (χ2v) is 5.67. The highest BCUT2D eigenvalue weighted by Gasteiger charge is 2.18. The fraction of sp³-hybridized carbons (Fsp3) is 0.500. The molecule has 1 amide bonds. The number of phenolic OH excluding ortho intramolecular Hbond substituents is 1. The highest BCUT2D eigenvalue weighted by molar-refractivity contribution is 9.10. The second-order valence-electron chi connectivity index (χ2n) is 4.82. The lowest BCUT2D eigenvalue weighted by Gasteiger charge is -2.23. The van der Waals surface area contributed by atoms with Crippen LogP contribution in [0.2, 0.25) is 0 Å². The highest BCUT2D eigenvalue weighted by Crippen LogP contribution is 2.35. The van der Waals surface area contributed by atoms with Gasteiger partial charge in [-0.05, 0) is 40.9 Å². The molecule has 5 heteroatoms. The lowest BCUT2D eigenvalue weighted by Crippen LogP contribution is -2.36. The van der Waals surface area contributed by atoms with E-state index in [0.29, 0.717) is 15.8 Å². The minimum absolute atomic E-state index is 0.0108. The molecule has 1 aromatic rings. The summed E-state index contributed by atoms with van der Waals surface area (Å²) in [5.74, 6) is 0.186. The van der Waals surface area contributed by atoms with Gasteiger partial charge in [-0.3, -0.25) is 4.79 Å². The summed E-state index contributed by atoms with van der Waals surface area (Å²) in [4.78, 5) is 12.2. The molecule has 0 atom stereocenters. The Morgan fingerprint density at radius 1 is 1.37 bits per heavy atom. The van der Waals surface area contributed by atoms with E-state index >= 15 is 0 Å². The van der Waals surface area contributed by atoms with E-state index in [-0.39, 0.29) is 17.7 Å². The molecule has 0 bridgehead atoms. The zero-order chi connectivity index (χ0) is 13.8. The van der Waals surface area contributed by atoms with Crippen molar-refractivity contribution in [3.8, 4) is 11.5 Å². The first-order valence-corrected chi connectivity index (χ1v) is 7.28. The molecule has 19 heavy (non-hydrogen) atoms. The Morgan fingerprint density at radius 2 is 2.05 bits per heavy atom. The fourth-order valence-corrected chi connectivity index (χ4v) is 2.82. The summed E-state index contributed by atoms with van der Waals surface area (Å²) < 4.78 is 5.51. The standard InChI is InChI=1S/C14H18BrNO3/c1-19-12-8-9(7-11(15)13(12)17)14(18)16-10-5-3-2-4-6-10/h7-8,10,17H,2-6H2,1H3,(H,16,18). The van der Waals surface area contributed by atoms with Crippen LogP contribution in [0.25, 0.3) is 0 Å². The van der Waals surface area contributed by atoms with Crippen LogP contribution in [0.3, 0.4) is 0 Å². The number of ether oxygens (including phenoxy) is 1. The fourth-order valence-electron chi connectivity index (χ4n) is 2.38. The first-order valence-electron chi connectivity index (χ1n) is 6.49. The second kappa shape index (κ2) is 6.28. The van der Waals surface area contributed by atoms with Crippen molar-refractivity contribution < 1.29 is 14.6 Å². The van der Waals surface area contributed by atoms with Gasteiger partial charge >= 0.3 is 0 Å². The van der Waals surface area contributed by atoms with E-state index in [9.17, 15) is 9.90 Å². The Bertz CT molecular complexity index is 470. The van der Waals surface area contributed by atoms with E-state index in [0.717, 1.165) is 12.8 Å². The van der Waals surface area contributed by atoms with Crippen molar-refractivity contribution in [1.29, 1.82) is 0 Å². The van der Waals surface area contributed by atoms with Crippen LogP contribution in [0.5, 0.6) is 11.5 Å². The molecule has 1 saturated carbocycles. The van der Waals surface area contributed by atoms with Gasteiger partial charge in [-0.1, -0.05) is 19.3 Å². The molecule has 1 aliphatic carbocycles. The highest BCUT2D eigenvalue weighted by atomic mass is 79.9. The Morgan fingerprint density at radius 3 is 2.68 bits per heavy atom. The molecule has 0 spiro atoms. The molecule has 0 radical (unpaired) electrons. The van der Waals surface area contributed by atoms with E-state index in [1.165, 1.54) is 26.4 Å². The minimum atomic E-state index is -0.120. The maximum atomic E-state index is 12.2. The maximum absolute atomic E-state index is 12.2. The Labute approximate surface area is 121 Å². The van der Waals surface area contributed by atoms with E-state index < -0.39 is 0 Å². The molecular weight excluding hydrogens is 310 g/mol. The third-order valence-electron chi connectivity index (χ3n) is 3.45. The number of benzene rings is 1. The van der Waals surface area contributed by atoms with Crippen LogP contribution in [-0.2, 0) is 0 Å². The Balaban J connectivity index is 2.12. The molecule has 2 rings (SSSR count). The SMILES string of the molecule is COc1cc(C(=O)NC2CCCCC2)cc(Br)c1O. The number of aromatic hydroxyl groups is 1. The van der Waals surface area contributed by atoms with Crippen LogP contribution < -0.4 is 10.1 Å². The van der Waals surface area contributed by atoms with Gasteiger partial charge < -0.3 is 15.2 Å². The number of halogens is 1. The van der Waals surface area contributed by atoms with Crippen LogP contribution >= 0.6 is 15.9 Å². The molecule has 0 saturated heterocycles. The van der Waals surface area contributed by atoms with E-state index in [1.54, 1.807) is 12.1 Å². The molecule has 4 nitrogen and oxygen atoms in total. The smallest absolute Gasteiger partial charge is 0.251 e. The molecule has 0 aliphatic heterocycles. The normalized spacial score (nSPS) is 16.1. The summed E-state index contributed by atoms with van der Waals surface area (Å²) in [6.45, 7) is 0. The van der Waals surface area contributed by atoms with Crippen molar-refractivity contribution in [3.63, 3.8) is 0 Å². The maximum Gasteiger partial charge on any atom is 0.251 e. The Kier molecular flexibility index (Phi) is 4.69. The number of hydrogen-bond donors (Lipinski definition) is 2. The number of rotatable bonds is 3. The molecule has 1 aliphatic rings. The van der Waals surface area contributed by atoms with Crippen molar-refractivity contribution in [3.05, 3.63) is 22.2 Å². The monoisotopic (exact) mass is 327 g/mol. The first kappa shape index (κ1) is 14.2. The molecule has 0 unspecified atom stereocenters. The van der Waals surface area contributed by atoms with Gasteiger partial charge in [0.25, 0.3) is 5.91 Å². The molecule has 0 heterocycles. The zero-order valence-electron chi connectivity index (χ0n) is 10.9. The lowest BCUT2D eigenvalue weighted by molar-refractivity contribution is 0.0927. The van der Waals surface area contributed by atoms with Gasteiger partial charge in [0.2, 0.25) is 0 Å². The summed E-state index contributed by atoms with van der Waals surface area (Å²) in [5.41, 5.74) is 0.493.